The van der Waals surface area contributed by atoms with Gasteiger partial charge in [0.05, 0.1) is 0 Å². The van der Waals surface area contributed by atoms with Crippen molar-refractivity contribution in [1.29, 1.82) is 0 Å². The van der Waals surface area contributed by atoms with Crippen LogP contribution in [0.15, 0.2) is 18.2 Å². The number of nitrogens with one attached hydrogen (secondary N) is 1. The number of carbonyl (C=O) groups excluding carboxylic acids is 1. The first-order valence-electron chi connectivity index (χ1n) is 6.33. The Hall–Kier alpha value is -1.55. The molecule has 1 heterocycles. The van der Waals surface area contributed by atoms with E-state index in [1.54, 1.807) is 18.2 Å². The molecular formula is C14H20N2O2. The Labute approximate surface area is 108 Å². The molecular weight excluding hydrogens is 228 g/mol. The summed E-state index contributed by atoms with van der Waals surface area (Å²) >= 11 is 0. The Kier molecular flexibility index (Phi) is 3.57. The van der Waals surface area contributed by atoms with E-state index >= 15 is 0 Å². The summed E-state index contributed by atoms with van der Waals surface area (Å²) in [6.45, 7) is 7.61. The van der Waals surface area contributed by atoms with Crippen molar-refractivity contribution in [3.8, 4) is 5.75 Å². The van der Waals surface area contributed by atoms with Gasteiger partial charge < -0.3 is 15.3 Å². The van der Waals surface area contributed by atoms with Crippen molar-refractivity contribution >= 4 is 5.91 Å². The van der Waals surface area contributed by atoms with E-state index < -0.39 is 0 Å². The molecule has 0 bridgehead atoms. The van der Waals surface area contributed by atoms with Crippen molar-refractivity contribution in [3.63, 3.8) is 0 Å². The first kappa shape index (κ1) is 12.9. The molecule has 1 aromatic rings. The zero-order valence-corrected chi connectivity index (χ0v) is 11.1. The zero-order chi connectivity index (χ0) is 13.3. The van der Waals surface area contributed by atoms with E-state index in [-0.39, 0.29) is 23.7 Å². The lowest BCUT2D eigenvalue weighted by atomic mass is 10.0. The molecule has 0 aromatic heterocycles. The molecule has 2 atom stereocenters. The molecule has 2 rings (SSSR count). The largest absolute Gasteiger partial charge is 0.508 e. The number of rotatable bonds is 1. The standard InChI is InChI=1S/C14H20N2O2/c1-9-6-12(17)4-5-13(9)14(18)16-10(2)7-15-8-11(16)3/h4-6,10-11,15,17H,7-8H2,1-3H3. The van der Waals surface area contributed by atoms with Crippen LogP contribution in [-0.4, -0.2) is 41.1 Å². The maximum absolute atomic E-state index is 12.6. The Morgan fingerprint density at radius 2 is 1.94 bits per heavy atom. The van der Waals surface area contributed by atoms with Crippen LogP contribution >= 0.6 is 0 Å². The summed E-state index contributed by atoms with van der Waals surface area (Å²) < 4.78 is 0. The molecule has 0 radical (unpaired) electrons. The van der Waals surface area contributed by atoms with E-state index in [1.807, 2.05) is 11.8 Å². The second kappa shape index (κ2) is 4.98. The minimum absolute atomic E-state index is 0.0500. The van der Waals surface area contributed by atoms with Crippen molar-refractivity contribution in [2.45, 2.75) is 32.9 Å². The van der Waals surface area contributed by atoms with Crippen LogP contribution in [0.2, 0.25) is 0 Å². The van der Waals surface area contributed by atoms with E-state index in [1.165, 1.54) is 0 Å². The molecule has 0 spiro atoms. The van der Waals surface area contributed by atoms with E-state index in [4.69, 9.17) is 0 Å². The Morgan fingerprint density at radius 3 is 2.50 bits per heavy atom. The Bertz CT molecular complexity index is 449. The van der Waals surface area contributed by atoms with Crippen LogP contribution in [0.3, 0.4) is 0 Å². The SMILES string of the molecule is Cc1cc(O)ccc1C(=O)N1C(C)CNCC1C. The fraction of sp³-hybridized carbons (Fsp3) is 0.500. The van der Waals surface area contributed by atoms with Crippen molar-refractivity contribution in [3.05, 3.63) is 29.3 Å². The van der Waals surface area contributed by atoms with E-state index in [0.29, 0.717) is 5.56 Å². The van der Waals surface area contributed by atoms with Crippen LogP contribution in [0.4, 0.5) is 0 Å². The van der Waals surface area contributed by atoms with Crippen LogP contribution in [0.25, 0.3) is 0 Å². The summed E-state index contributed by atoms with van der Waals surface area (Å²) in [6.07, 6.45) is 0. The highest BCUT2D eigenvalue weighted by Crippen LogP contribution is 2.20. The molecule has 4 nitrogen and oxygen atoms in total. The molecule has 1 aromatic carbocycles. The summed E-state index contributed by atoms with van der Waals surface area (Å²) in [5.41, 5.74) is 1.49. The minimum Gasteiger partial charge on any atom is -0.508 e. The quantitative estimate of drug-likeness (QED) is 0.792. The molecule has 2 N–H and O–H groups in total. The van der Waals surface area contributed by atoms with Gasteiger partial charge in [-0.1, -0.05) is 0 Å². The third-order valence-corrected chi connectivity index (χ3v) is 3.50. The fourth-order valence-electron chi connectivity index (χ4n) is 2.56. The number of hydrogen-bond donors (Lipinski definition) is 2. The van der Waals surface area contributed by atoms with Gasteiger partial charge in [0, 0.05) is 30.7 Å². The molecule has 4 heteroatoms. The number of amides is 1. The second-order valence-corrected chi connectivity index (χ2v) is 5.07. The molecule has 1 aliphatic rings. The van der Waals surface area contributed by atoms with Gasteiger partial charge in [-0.2, -0.15) is 0 Å². The van der Waals surface area contributed by atoms with Gasteiger partial charge in [-0.15, -0.1) is 0 Å². The van der Waals surface area contributed by atoms with Crippen LogP contribution in [0.1, 0.15) is 29.8 Å². The lowest BCUT2D eigenvalue weighted by Crippen LogP contribution is -2.57. The molecule has 1 fully saturated rings. The number of carbonyl (C=O) groups is 1. The summed E-state index contributed by atoms with van der Waals surface area (Å²) in [4.78, 5) is 14.5. The van der Waals surface area contributed by atoms with E-state index in [0.717, 1.165) is 18.7 Å². The summed E-state index contributed by atoms with van der Waals surface area (Å²) in [5, 5.41) is 12.7. The highest BCUT2D eigenvalue weighted by molar-refractivity contribution is 5.96. The van der Waals surface area contributed by atoms with Crippen molar-refractivity contribution in [2.75, 3.05) is 13.1 Å². The average Bonchev–Trinajstić information content (AvgIpc) is 2.28. The number of phenolic OH excluding ortho intramolecular Hbond substituents is 1. The van der Waals surface area contributed by atoms with Gasteiger partial charge in [-0.25, -0.2) is 0 Å². The van der Waals surface area contributed by atoms with Gasteiger partial charge in [0.15, 0.2) is 0 Å². The number of hydrogen-bond acceptors (Lipinski definition) is 3. The lowest BCUT2D eigenvalue weighted by molar-refractivity contribution is 0.0544. The van der Waals surface area contributed by atoms with Crippen LogP contribution < -0.4 is 5.32 Å². The number of phenols is 1. The lowest BCUT2D eigenvalue weighted by Gasteiger charge is -2.39. The van der Waals surface area contributed by atoms with Gasteiger partial charge in [-0.3, -0.25) is 4.79 Å². The van der Waals surface area contributed by atoms with Crippen molar-refractivity contribution in [1.82, 2.24) is 10.2 Å². The number of aromatic hydroxyl groups is 1. The summed E-state index contributed by atoms with van der Waals surface area (Å²) in [5.74, 6) is 0.249. The van der Waals surface area contributed by atoms with Gasteiger partial charge in [-0.05, 0) is 44.5 Å². The van der Waals surface area contributed by atoms with Crippen LogP contribution in [-0.2, 0) is 0 Å². The van der Waals surface area contributed by atoms with Gasteiger partial charge in [0.25, 0.3) is 5.91 Å². The Balaban J connectivity index is 2.29. The van der Waals surface area contributed by atoms with E-state index in [9.17, 15) is 9.90 Å². The average molecular weight is 248 g/mol. The smallest absolute Gasteiger partial charge is 0.254 e. The van der Waals surface area contributed by atoms with Crippen molar-refractivity contribution in [2.24, 2.45) is 0 Å². The predicted octanol–water partition coefficient (Wildman–Crippen LogP) is 1.52. The third-order valence-electron chi connectivity index (χ3n) is 3.50. The van der Waals surface area contributed by atoms with Crippen molar-refractivity contribution < 1.29 is 9.90 Å². The molecule has 0 saturated carbocycles. The maximum atomic E-state index is 12.6. The molecule has 1 aliphatic heterocycles. The first-order chi connectivity index (χ1) is 8.50. The zero-order valence-electron chi connectivity index (χ0n) is 11.1. The molecule has 0 aliphatic carbocycles. The van der Waals surface area contributed by atoms with Gasteiger partial charge in [0.2, 0.25) is 0 Å². The van der Waals surface area contributed by atoms with Gasteiger partial charge in [0.1, 0.15) is 5.75 Å². The number of nitrogens with zero attached hydrogens (tertiary/aromatic N) is 1. The first-order valence-corrected chi connectivity index (χ1v) is 6.33. The highest BCUT2D eigenvalue weighted by atomic mass is 16.3. The van der Waals surface area contributed by atoms with Crippen LogP contribution in [0.5, 0.6) is 5.75 Å². The normalized spacial score (nSPS) is 24.1. The minimum atomic E-state index is 0.0500. The molecule has 2 unspecified atom stereocenters. The highest BCUT2D eigenvalue weighted by Gasteiger charge is 2.30. The molecule has 1 amide bonds. The number of aryl methyl sites for hydroxylation is 1. The molecule has 1 saturated heterocycles. The third kappa shape index (κ3) is 2.34. The van der Waals surface area contributed by atoms with Gasteiger partial charge >= 0.3 is 0 Å². The molecule has 18 heavy (non-hydrogen) atoms. The topological polar surface area (TPSA) is 52.6 Å². The summed E-state index contributed by atoms with van der Waals surface area (Å²) in [6, 6.07) is 5.28. The monoisotopic (exact) mass is 248 g/mol. The Morgan fingerprint density at radius 1 is 1.33 bits per heavy atom. The fourth-order valence-corrected chi connectivity index (χ4v) is 2.56. The number of benzene rings is 1. The molecule has 98 valence electrons. The summed E-state index contributed by atoms with van der Waals surface area (Å²) in [7, 11) is 0. The second-order valence-electron chi connectivity index (χ2n) is 5.07. The number of piperazine rings is 1. The van der Waals surface area contributed by atoms with Crippen LogP contribution in [0, 0.1) is 6.92 Å². The predicted molar refractivity (Wildman–Crippen MR) is 70.8 cm³/mol. The van der Waals surface area contributed by atoms with E-state index in [2.05, 4.69) is 19.2 Å². The maximum Gasteiger partial charge on any atom is 0.254 e.